The molecule has 0 aliphatic carbocycles. The molecule has 0 unspecified atom stereocenters. The van der Waals surface area contributed by atoms with Crippen LogP contribution in [0.2, 0.25) is 0 Å². The smallest absolute Gasteiger partial charge is 0.283 e. The van der Waals surface area contributed by atoms with Crippen LogP contribution in [0, 0.1) is 11.7 Å². The number of sulfonamides is 1. The lowest BCUT2D eigenvalue weighted by Crippen LogP contribution is -2.20. The van der Waals surface area contributed by atoms with Gasteiger partial charge in [0.15, 0.2) is 10.6 Å². The standard InChI is InChI=1S/C22H24N6O3S2/c1-15-5-7-16(8-6-15)21-24-25-22(32)28(21)14-20(29)23-17-9-11-18(12-10-17)33(30,31)26-19-4-3-13-27(19)2/h5-12H,3-4,13-14H2,1-2H3,(H,23,29)(H,25,32)/b26-19+. The van der Waals surface area contributed by atoms with Crippen molar-refractivity contribution in [3.63, 3.8) is 0 Å². The van der Waals surface area contributed by atoms with E-state index in [1.165, 1.54) is 12.1 Å². The first kappa shape index (κ1) is 22.9. The lowest BCUT2D eigenvalue weighted by Gasteiger charge is -2.11. The van der Waals surface area contributed by atoms with Crippen LogP contribution >= 0.6 is 12.2 Å². The molecule has 1 aromatic heterocycles. The van der Waals surface area contributed by atoms with Crippen LogP contribution < -0.4 is 5.32 Å². The largest absolute Gasteiger partial charge is 0.362 e. The van der Waals surface area contributed by atoms with Gasteiger partial charge in [0, 0.05) is 31.3 Å². The number of hydrogen-bond acceptors (Lipinski definition) is 5. The highest BCUT2D eigenvalue weighted by Crippen LogP contribution is 2.20. The predicted molar refractivity (Wildman–Crippen MR) is 129 cm³/mol. The molecule has 0 spiro atoms. The minimum absolute atomic E-state index is 0.0431. The van der Waals surface area contributed by atoms with Gasteiger partial charge in [0.1, 0.15) is 12.4 Å². The molecule has 3 aromatic rings. The second-order valence-electron chi connectivity index (χ2n) is 7.88. The van der Waals surface area contributed by atoms with Gasteiger partial charge in [-0.3, -0.25) is 14.5 Å². The molecule has 2 N–H and O–H groups in total. The Morgan fingerprint density at radius 1 is 1.18 bits per heavy atom. The second-order valence-corrected chi connectivity index (χ2v) is 9.88. The first-order valence-electron chi connectivity index (χ1n) is 10.4. The van der Waals surface area contributed by atoms with Crippen molar-refractivity contribution in [2.75, 3.05) is 18.9 Å². The molecule has 1 saturated heterocycles. The molecule has 1 aliphatic rings. The zero-order valence-electron chi connectivity index (χ0n) is 18.3. The van der Waals surface area contributed by atoms with Gasteiger partial charge in [-0.1, -0.05) is 29.8 Å². The Labute approximate surface area is 197 Å². The number of amidine groups is 1. The van der Waals surface area contributed by atoms with Crippen LogP contribution in [0.1, 0.15) is 18.4 Å². The lowest BCUT2D eigenvalue weighted by molar-refractivity contribution is -0.116. The van der Waals surface area contributed by atoms with Crippen LogP contribution in [0.5, 0.6) is 0 Å². The van der Waals surface area contributed by atoms with Crippen LogP contribution in [0.15, 0.2) is 57.8 Å². The summed E-state index contributed by atoms with van der Waals surface area (Å²) < 4.78 is 31.1. The number of nitrogens with one attached hydrogen (secondary N) is 2. The summed E-state index contributed by atoms with van der Waals surface area (Å²) in [4.78, 5) is 14.6. The number of benzene rings is 2. The van der Waals surface area contributed by atoms with Gasteiger partial charge in [-0.25, -0.2) is 0 Å². The van der Waals surface area contributed by atoms with E-state index in [0.717, 1.165) is 24.1 Å². The average molecular weight is 485 g/mol. The summed E-state index contributed by atoms with van der Waals surface area (Å²) in [7, 11) is -1.97. The second kappa shape index (κ2) is 9.28. The minimum Gasteiger partial charge on any atom is -0.362 e. The number of aromatic amines is 1. The maximum absolute atomic E-state index is 12.7. The number of rotatable bonds is 6. The molecule has 11 heteroatoms. The number of likely N-dealkylation sites (tertiary alicyclic amines) is 1. The fourth-order valence-corrected chi connectivity index (χ4v) is 4.83. The zero-order valence-corrected chi connectivity index (χ0v) is 19.9. The van der Waals surface area contributed by atoms with Crippen molar-refractivity contribution in [2.24, 2.45) is 4.40 Å². The summed E-state index contributed by atoms with van der Waals surface area (Å²) >= 11 is 5.29. The van der Waals surface area contributed by atoms with Gasteiger partial charge in [0.05, 0.1) is 4.90 Å². The first-order chi connectivity index (χ1) is 15.7. The molecule has 1 aliphatic heterocycles. The SMILES string of the molecule is Cc1ccc(-c2n[nH]c(=S)n2CC(=O)Nc2ccc(S(=O)(=O)/N=C3\CCCN3C)cc2)cc1. The topological polar surface area (TPSA) is 112 Å². The normalized spacial score (nSPS) is 15.2. The maximum Gasteiger partial charge on any atom is 0.283 e. The van der Waals surface area contributed by atoms with Crippen molar-refractivity contribution in [3.8, 4) is 11.4 Å². The van der Waals surface area contributed by atoms with E-state index >= 15 is 0 Å². The molecule has 0 atom stereocenters. The number of hydrogen-bond donors (Lipinski definition) is 2. The molecule has 2 heterocycles. The summed E-state index contributed by atoms with van der Waals surface area (Å²) in [6, 6.07) is 13.7. The Hall–Kier alpha value is -3.31. The maximum atomic E-state index is 12.7. The van der Waals surface area contributed by atoms with Gasteiger partial charge < -0.3 is 10.2 Å². The predicted octanol–water partition coefficient (Wildman–Crippen LogP) is 3.37. The third-order valence-corrected chi connectivity index (χ3v) is 7.00. The number of carbonyl (C=O) groups is 1. The van der Waals surface area contributed by atoms with E-state index in [2.05, 4.69) is 19.9 Å². The van der Waals surface area contributed by atoms with E-state index in [9.17, 15) is 13.2 Å². The van der Waals surface area contributed by atoms with Crippen LogP contribution in [0.3, 0.4) is 0 Å². The van der Waals surface area contributed by atoms with Crippen molar-refractivity contribution < 1.29 is 13.2 Å². The third-order valence-electron chi connectivity index (χ3n) is 5.37. The summed E-state index contributed by atoms with van der Waals surface area (Å²) in [6.07, 6.45) is 1.53. The fourth-order valence-electron chi connectivity index (χ4n) is 3.54. The summed E-state index contributed by atoms with van der Waals surface area (Å²) in [6.45, 7) is 2.75. The number of aryl methyl sites for hydroxylation is 1. The Balaban J connectivity index is 1.47. The van der Waals surface area contributed by atoms with Gasteiger partial charge in [-0.2, -0.15) is 13.5 Å². The summed E-state index contributed by atoms with van der Waals surface area (Å²) in [5.41, 5.74) is 2.42. The highest BCUT2D eigenvalue weighted by Gasteiger charge is 2.20. The highest BCUT2D eigenvalue weighted by molar-refractivity contribution is 7.90. The van der Waals surface area contributed by atoms with E-state index in [1.54, 1.807) is 16.7 Å². The quantitative estimate of drug-likeness (QED) is 0.519. The molecule has 0 saturated carbocycles. The molecule has 1 fully saturated rings. The zero-order chi connectivity index (χ0) is 23.6. The molecule has 33 heavy (non-hydrogen) atoms. The van der Waals surface area contributed by atoms with Crippen molar-refractivity contribution in [3.05, 3.63) is 58.9 Å². The van der Waals surface area contributed by atoms with Crippen molar-refractivity contribution in [1.82, 2.24) is 19.7 Å². The number of amides is 1. The summed E-state index contributed by atoms with van der Waals surface area (Å²) in [5.74, 6) is 0.811. The monoisotopic (exact) mass is 484 g/mol. The van der Waals surface area contributed by atoms with Gasteiger partial charge in [0.2, 0.25) is 5.91 Å². The molecule has 1 amide bonds. The summed E-state index contributed by atoms with van der Waals surface area (Å²) in [5, 5.41) is 9.74. The molecule has 0 bridgehead atoms. The van der Waals surface area contributed by atoms with Gasteiger partial charge >= 0.3 is 0 Å². The highest BCUT2D eigenvalue weighted by atomic mass is 32.2. The fraction of sp³-hybridized carbons (Fsp3) is 0.273. The van der Waals surface area contributed by atoms with Crippen LogP contribution in [0.4, 0.5) is 5.69 Å². The lowest BCUT2D eigenvalue weighted by atomic mass is 10.1. The Morgan fingerprint density at radius 2 is 1.88 bits per heavy atom. The first-order valence-corrected chi connectivity index (χ1v) is 12.2. The molecular weight excluding hydrogens is 460 g/mol. The van der Waals surface area contributed by atoms with Gasteiger partial charge in [-0.05, 0) is 49.8 Å². The van der Waals surface area contributed by atoms with Crippen LogP contribution in [-0.2, 0) is 21.4 Å². The molecule has 2 aromatic carbocycles. The number of H-pyrrole nitrogens is 1. The Bertz CT molecular complexity index is 1360. The van der Waals surface area contributed by atoms with Gasteiger partial charge in [0.25, 0.3) is 10.0 Å². The van der Waals surface area contributed by atoms with Crippen molar-refractivity contribution >= 4 is 39.7 Å². The number of carbonyl (C=O) groups excluding carboxylic acids is 1. The number of aromatic nitrogens is 3. The van der Waals surface area contributed by atoms with Crippen LogP contribution in [0.25, 0.3) is 11.4 Å². The van der Waals surface area contributed by atoms with Crippen LogP contribution in [-0.4, -0.2) is 53.4 Å². The molecule has 0 radical (unpaired) electrons. The molecule has 4 rings (SSSR count). The van der Waals surface area contributed by atoms with Gasteiger partial charge in [-0.15, -0.1) is 4.40 Å². The number of nitrogens with zero attached hydrogens (tertiary/aromatic N) is 4. The molecule has 172 valence electrons. The average Bonchev–Trinajstić information content (AvgIpc) is 3.34. The Kier molecular flexibility index (Phi) is 6.43. The van der Waals surface area contributed by atoms with Crippen molar-refractivity contribution in [1.29, 1.82) is 0 Å². The van der Waals surface area contributed by atoms with E-state index in [1.807, 2.05) is 43.1 Å². The Morgan fingerprint density at radius 3 is 2.52 bits per heavy atom. The molecular formula is C22H24N6O3S2. The third kappa shape index (κ3) is 5.20. The molecule has 9 nitrogen and oxygen atoms in total. The van der Waals surface area contributed by atoms with E-state index < -0.39 is 10.0 Å². The minimum atomic E-state index is -3.80. The van der Waals surface area contributed by atoms with E-state index in [-0.39, 0.29) is 17.3 Å². The van der Waals surface area contributed by atoms with Crippen molar-refractivity contribution in [2.45, 2.75) is 31.2 Å². The number of anilines is 1. The van der Waals surface area contributed by atoms with E-state index in [0.29, 0.717) is 28.5 Å². The van der Waals surface area contributed by atoms with E-state index in [4.69, 9.17) is 12.2 Å².